The summed E-state index contributed by atoms with van der Waals surface area (Å²) in [4.78, 5) is 0. The number of thiophene rings is 1. The monoisotopic (exact) mass is 224 g/mol. The lowest BCUT2D eigenvalue weighted by Gasteiger charge is -2.07. The van der Waals surface area contributed by atoms with E-state index in [0.29, 0.717) is 0 Å². The minimum atomic E-state index is -4.31. The maximum absolute atomic E-state index is 10.7. The van der Waals surface area contributed by atoms with E-state index >= 15 is 0 Å². The Kier molecular flexibility index (Phi) is 2.91. The molecular formula is C6H8O5S2. The molecule has 7 heteroatoms. The van der Waals surface area contributed by atoms with Gasteiger partial charge in [0.25, 0.3) is 10.1 Å². The molecule has 0 aliphatic heterocycles. The summed E-state index contributed by atoms with van der Waals surface area (Å²) in [7, 11) is -4.31. The van der Waals surface area contributed by atoms with Gasteiger partial charge in [-0.15, -0.1) is 11.3 Å². The van der Waals surface area contributed by atoms with E-state index in [-0.39, 0.29) is 10.6 Å². The van der Waals surface area contributed by atoms with Crippen LogP contribution in [0.4, 0.5) is 0 Å². The number of aromatic hydroxyl groups is 1. The van der Waals surface area contributed by atoms with Crippen molar-refractivity contribution in [1.29, 1.82) is 0 Å². The maximum atomic E-state index is 10.7. The van der Waals surface area contributed by atoms with Crippen LogP contribution in [0.1, 0.15) is 10.8 Å². The van der Waals surface area contributed by atoms with Crippen LogP contribution in [0.2, 0.25) is 0 Å². The van der Waals surface area contributed by atoms with E-state index in [2.05, 4.69) is 0 Å². The Labute approximate surface area is 79.0 Å². The van der Waals surface area contributed by atoms with Gasteiger partial charge in [0.2, 0.25) is 0 Å². The second-order valence-electron chi connectivity index (χ2n) is 2.40. The molecule has 0 aliphatic rings. The van der Waals surface area contributed by atoms with Crippen molar-refractivity contribution in [2.24, 2.45) is 0 Å². The van der Waals surface area contributed by atoms with Crippen LogP contribution in [-0.4, -0.2) is 29.8 Å². The highest BCUT2D eigenvalue weighted by Crippen LogP contribution is 2.29. The largest absolute Gasteiger partial charge is 0.499 e. The van der Waals surface area contributed by atoms with Gasteiger partial charge < -0.3 is 10.2 Å². The third-order valence-corrected chi connectivity index (χ3v) is 3.39. The molecule has 1 aromatic heterocycles. The van der Waals surface area contributed by atoms with Gasteiger partial charge in [-0.25, -0.2) is 0 Å². The topological polar surface area (TPSA) is 94.8 Å². The lowest BCUT2D eigenvalue weighted by Crippen LogP contribution is -2.15. The Morgan fingerprint density at radius 3 is 2.46 bits per heavy atom. The van der Waals surface area contributed by atoms with Crippen molar-refractivity contribution in [3.63, 3.8) is 0 Å². The average molecular weight is 224 g/mol. The molecule has 0 aromatic carbocycles. The minimum Gasteiger partial charge on any atom is -0.499 e. The fourth-order valence-electron chi connectivity index (χ4n) is 0.879. The van der Waals surface area contributed by atoms with Gasteiger partial charge in [-0.05, 0) is 17.0 Å². The van der Waals surface area contributed by atoms with Crippen molar-refractivity contribution < 1.29 is 23.2 Å². The Balaban J connectivity index is 3.05. The van der Waals surface area contributed by atoms with Crippen molar-refractivity contribution in [3.05, 3.63) is 17.0 Å². The zero-order chi connectivity index (χ0) is 10.1. The zero-order valence-corrected chi connectivity index (χ0v) is 8.05. The van der Waals surface area contributed by atoms with E-state index in [1.165, 1.54) is 11.4 Å². The number of aliphatic hydroxyl groups excluding tert-OH is 1. The Morgan fingerprint density at radius 2 is 2.15 bits per heavy atom. The zero-order valence-electron chi connectivity index (χ0n) is 6.41. The van der Waals surface area contributed by atoms with Crippen LogP contribution in [0.15, 0.2) is 11.4 Å². The van der Waals surface area contributed by atoms with Crippen LogP contribution in [-0.2, 0) is 10.1 Å². The first-order valence-corrected chi connectivity index (χ1v) is 5.68. The van der Waals surface area contributed by atoms with Crippen molar-refractivity contribution >= 4 is 21.5 Å². The standard InChI is InChI=1S/C6H8O5S2/c7-2-5(13(9,10)11)4-1-6(8)12-3-4/h1,3,5,7-8H,2H2,(H,9,10,11). The van der Waals surface area contributed by atoms with Gasteiger partial charge >= 0.3 is 0 Å². The van der Waals surface area contributed by atoms with Crippen LogP contribution < -0.4 is 0 Å². The third kappa shape index (κ3) is 2.41. The molecule has 0 saturated carbocycles. The predicted octanol–water partition coefficient (Wildman–Crippen LogP) is 0.375. The molecule has 0 aliphatic carbocycles. The summed E-state index contributed by atoms with van der Waals surface area (Å²) >= 11 is 0.933. The van der Waals surface area contributed by atoms with Gasteiger partial charge in [0.1, 0.15) is 5.25 Å². The van der Waals surface area contributed by atoms with E-state index in [1.54, 1.807) is 0 Å². The Morgan fingerprint density at radius 1 is 1.54 bits per heavy atom. The van der Waals surface area contributed by atoms with E-state index < -0.39 is 22.0 Å². The first kappa shape index (κ1) is 10.5. The molecule has 3 N–H and O–H groups in total. The van der Waals surface area contributed by atoms with Crippen molar-refractivity contribution in [2.75, 3.05) is 6.61 Å². The molecule has 1 aromatic rings. The highest BCUT2D eigenvalue weighted by atomic mass is 32.2. The molecule has 1 heterocycles. The second-order valence-corrected chi connectivity index (χ2v) is 4.89. The smallest absolute Gasteiger partial charge is 0.274 e. The molecule has 0 spiro atoms. The molecule has 0 saturated heterocycles. The molecule has 0 fully saturated rings. The van der Waals surface area contributed by atoms with Gasteiger partial charge in [0.05, 0.1) is 6.61 Å². The van der Waals surface area contributed by atoms with Crippen LogP contribution in [0.5, 0.6) is 5.06 Å². The molecule has 74 valence electrons. The van der Waals surface area contributed by atoms with E-state index in [0.717, 1.165) is 11.3 Å². The third-order valence-electron chi connectivity index (χ3n) is 1.50. The summed E-state index contributed by atoms with van der Waals surface area (Å²) in [5.41, 5.74) is 0.188. The van der Waals surface area contributed by atoms with Crippen molar-refractivity contribution in [2.45, 2.75) is 5.25 Å². The molecule has 1 unspecified atom stereocenters. The Bertz CT molecular complexity index is 379. The van der Waals surface area contributed by atoms with Gasteiger partial charge in [0.15, 0.2) is 5.06 Å². The van der Waals surface area contributed by atoms with E-state index in [1.807, 2.05) is 0 Å². The molecule has 1 atom stereocenters. The quantitative estimate of drug-likeness (QED) is 0.645. The first-order valence-electron chi connectivity index (χ1n) is 3.29. The molecule has 0 amide bonds. The molecule has 1 rings (SSSR count). The lowest BCUT2D eigenvalue weighted by atomic mass is 10.2. The molecule has 0 radical (unpaired) electrons. The summed E-state index contributed by atoms with van der Waals surface area (Å²) in [6, 6.07) is 1.19. The van der Waals surface area contributed by atoms with Crippen LogP contribution in [0, 0.1) is 0 Å². The van der Waals surface area contributed by atoms with E-state index in [4.69, 9.17) is 14.8 Å². The number of hydrogen-bond donors (Lipinski definition) is 3. The van der Waals surface area contributed by atoms with Gasteiger partial charge in [-0.2, -0.15) is 8.42 Å². The minimum absolute atomic E-state index is 0.0582. The van der Waals surface area contributed by atoms with Gasteiger partial charge in [-0.1, -0.05) is 0 Å². The van der Waals surface area contributed by atoms with E-state index in [9.17, 15) is 8.42 Å². The SMILES string of the molecule is O=S(=O)(O)C(CO)c1csc(O)c1. The Hall–Kier alpha value is -0.630. The summed E-state index contributed by atoms with van der Waals surface area (Å²) in [5, 5.41) is 17.6. The van der Waals surface area contributed by atoms with Crippen molar-refractivity contribution in [3.8, 4) is 5.06 Å². The molecule has 5 nitrogen and oxygen atoms in total. The summed E-state index contributed by atoms with van der Waals surface area (Å²) in [6.45, 7) is -0.713. The number of aliphatic hydroxyl groups is 1. The predicted molar refractivity (Wildman–Crippen MR) is 47.4 cm³/mol. The van der Waals surface area contributed by atoms with Crippen LogP contribution in [0.3, 0.4) is 0 Å². The summed E-state index contributed by atoms with van der Waals surface area (Å²) in [5.74, 6) is 0. The molecule has 0 bridgehead atoms. The summed E-state index contributed by atoms with van der Waals surface area (Å²) in [6.07, 6.45) is 0. The van der Waals surface area contributed by atoms with Gasteiger partial charge in [0, 0.05) is 0 Å². The molecule has 13 heavy (non-hydrogen) atoms. The number of hydrogen-bond acceptors (Lipinski definition) is 5. The lowest BCUT2D eigenvalue weighted by molar-refractivity contribution is 0.285. The summed E-state index contributed by atoms with van der Waals surface area (Å²) < 4.78 is 30.1. The van der Waals surface area contributed by atoms with Crippen LogP contribution >= 0.6 is 11.3 Å². The highest BCUT2D eigenvalue weighted by Gasteiger charge is 2.25. The first-order chi connectivity index (χ1) is 5.95. The van der Waals surface area contributed by atoms with Crippen molar-refractivity contribution in [1.82, 2.24) is 0 Å². The number of rotatable bonds is 3. The second kappa shape index (κ2) is 3.62. The fraction of sp³-hybridized carbons (Fsp3) is 0.333. The normalized spacial score (nSPS) is 14.3. The fourth-order valence-corrected chi connectivity index (χ4v) is 2.33. The maximum Gasteiger partial charge on any atom is 0.274 e. The molecular weight excluding hydrogens is 216 g/mol. The average Bonchev–Trinajstić information content (AvgIpc) is 2.34. The van der Waals surface area contributed by atoms with Crippen LogP contribution in [0.25, 0.3) is 0 Å². The highest BCUT2D eigenvalue weighted by molar-refractivity contribution is 7.86. The van der Waals surface area contributed by atoms with Gasteiger partial charge in [-0.3, -0.25) is 4.55 Å².